The van der Waals surface area contributed by atoms with Gasteiger partial charge in [0.1, 0.15) is 0 Å². The topological polar surface area (TPSA) is 63.0 Å². The molecule has 4 nitrogen and oxygen atoms in total. The fourth-order valence-corrected chi connectivity index (χ4v) is 1.73. The number of hydrogen-bond donors (Lipinski definition) is 3. The van der Waals surface area contributed by atoms with Crippen molar-refractivity contribution in [1.82, 2.24) is 4.98 Å². The summed E-state index contributed by atoms with van der Waals surface area (Å²) in [5.74, 6) is 3.94. The molecule has 0 saturated carbocycles. The number of rotatable bonds is 6. The van der Waals surface area contributed by atoms with Crippen LogP contribution in [0.3, 0.4) is 0 Å². The van der Waals surface area contributed by atoms with Gasteiger partial charge in [-0.1, -0.05) is 20.3 Å². The van der Waals surface area contributed by atoms with E-state index < -0.39 is 11.6 Å². The Bertz CT molecular complexity index is 398. The van der Waals surface area contributed by atoms with Gasteiger partial charge in [0.2, 0.25) is 0 Å². The molecule has 1 rings (SSSR count). The molecule has 2 unspecified atom stereocenters. The minimum atomic E-state index is -0.810. The first-order valence-electron chi connectivity index (χ1n) is 6.07. The molecule has 0 saturated heterocycles. The van der Waals surface area contributed by atoms with E-state index >= 15 is 0 Å². The highest BCUT2D eigenvalue weighted by Crippen LogP contribution is 2.20. The Hall–Kier alpha value is -1.43. The molecule has 102 valence electrons. The summed E-state index contributed by atoms with van der Waals surface area (Å²) in [5, 5.41) is 2.93. The summed E-state index contributed by atoms with van der Waals surface area (Å²) in [6, 6.07) is 0.818. The first kappa shape index (κ1) is 14.6. The van der Waals surface area contributed by atoms with Crippen molar-refractivity contribution in [2.24, 2.45) is 11.8 Å². The van der Waals surface area contributed by atoms with Crippen LogP contribution in [0, 0.1) is 17.6 Å². The number of nitrogens with zero attached hydrogens (tertiary/aromatic N) is 1. The number of anilines is 2. The molecule has 0 aliphatic heterocycles. The average Bonchev–Trinajstić information content (AvgIpc) is 2.32. The van der Waals surface area contributed by atoms with Gasteiger partial charge in [0.05, 0.1) is 0 Å². The number of nitrogens with two attached hydrogens (primary N) is 1. The minimum Gasteiger partial charge on any atom is -0.365 e. The number of nitrogen functional groups attached to an aromatic ring is 1. The minimum absolute atomic E-state index is 0.0140. The summed E-state index contributed by atoms with van der Waals surface area (Å²) in [6.45, 7) is 6.16. The molecule has 4 N–H and O–H groups in total. The summed E-state index contributed by atoms with van der Waals surface area (Å²) < 4.78 is 26.7. The summed E-state index contributed by atoms with van der Waals surface area (Å²) in [7, 11) is 0. The summed E-state index contributed by atoms with van der Waals surface area (Å²) in [5.41, 5.74) is 2.10. The third-order valence-electron chi connectivity index (χ3n) is 2.90. The van der Waals surface area contributed by atoms with Crippen molar-refractivity contribution in [3.05, 3.63) is 17.7 Å². The SMILES string of the molecule is CCC(C)CC(C)Nc1nc(NN)c(F)cc1F. The smallest absolute Gasteiger partial charge is 0.178 e. The molecule has 6 heteroatoms. The van der Waals surface area contributed by atoms with Crippen LogP contribution in [-0.2, 0) is 0 Å². The molecule has 2 atom stereocenters. The van der Waals surface area contributed by atoms with Crippen molar-refractivity contribution in [2.75, 3.05) is 10.7 Å². The molecule has 0 aliphatic rings. The van der Waals surface area contributed by atoms with Crippen LogP contribution in [-0.4, -0.2) is 11.0 Å². The number of hydrogen-bond acceptors (Lipinski definition) is 4. The van der Waals surface area contributed by atoms with Crippen LogP contribution in [0.25, 0.3) is 0 Å². The third-order valence-corrected chi connectivity index (χ3v) is 2.90. The molecule has 0 fully saturated rings. The average molecular weight is 258 g/mol. The number of halogens is 2. The molecule has 0 amide bonds. The predicted molar refractivity (Wildman–Crippen MR) is 69.1 cm³/mol. The number of nitrogens with one attached hydrogen (secondary N) is 2. The standard InChI is InChI=1S/C12H20F2N4/c1-4-7(2)5-8(3)16-11-9(13)6-10(14)12(17-11)18-15/h6-8H,4-5,15H2,1-3H3,(H2,16,17,18). The van der Waals surface area contributed by atoms with Gasteiger partial charge in [0.25, 0.3) is 0 Å². The molecular weight excluding hydrogens is 238 g/mol. The molecule has 18 heavy (non-hydrogen) atoms. The van der Waals surface area contributed by atoms with E-state index in [-0.39, 0.29) is 17.7 Å². The molecule has 0 bridgehead atoms. The van der Waals surface area contributed by atoms with Crippen molar-refractivity contribution in [1.29, 1.82) is 0 Å². The monoisotopic (exact) mass is 258 g/mol. The van der Waals surface area contributed by atoms with Crippen molar-refractivity contribution in [3.63, 3.8) is 0 Å². The second kappa shape index (κ2) is 6.49. The van der Waals surface area contributed by atoms with Crippen LogP contribution < -0.4 is 16.6 Å². The Morgan fingerprint density at radius 2 is 1.89 bits per heavy atom. The van der Waals surface area contributed by atoms with Gasteiger partial charge in [-0.25, -0.2) is 19.6 Å². The van der Waals surface area contributed by atoms with E-state index in [9.17, 15) is 8.78 Å². The molecule has 1 aromatic heterocycles. The highest BCUT2D eigenvalue weighted by Gasteiger charge is 2.14. The van der Waals surface area contributed by atoms with E-state index in [2.05, 4.69) is 29.6 Å². The maximum Gasteiger partial charge on any atom is 0.178 e. The van der Waals surface area contributed by atoms with Crippen molar-refractivity contribution >= 4 is 11.6 Å². The van der Waals surface area contributed by atoms with Crippen LogP contribution >= 0.6 is 0 Å². The molecule has 0 aliphatic carbocycles. The summed E-state index contributed by atoms with van der Waals surface area (Å²) in [4.78, 5) is 3.77. The van der Waals surface area contributed by atoms with Crippen LogP contribution in [0.15, 0.2) is 6.07 Å². The fraction of sp³-hybridized carbons (Fsp3) is 0.583. The Balaban J connectivity index is 2.77. The second-order valence-corrected chi connectivity index (χ2v) is 4.59. The molecule has 0 spiro atoms. The molecular formula is C12H20F2N4. The van der Waals surface area contributed by atoms with Gasteiger partial charge < -0.3 is 10.7 Å². The van der Waals surface area contributed by atoms with E-state index in [0.717, 1.165) is 18.9 Å². The van der Waals surface area contributed by atoms with E-state index in [0.29, 0.717) is 5.92 Å². The maximum atomic E-state index is 13.5. The maximum absolute atomic E-state index is 13.5. The van der Waals surface area contributed by atoms with Gasteiger partial charge in [-0.05, 0) is 19.3 Å². The van der Waals surface area contributed by atoms with Gasteiger partial charge in [-0.3, -0.25) is 0 Å². The fourth-order valence-electron chi connectivity index (χ4n) is 1.73. The summed E-state index contributed by atoms with van der Waals surface area (Å²) >= 11 is 0. The first-order chi connectivity index (χ1) is 8.47. The Morgan fingerprint density at radius 1 is 1.28 bits per heavy atom. The zero-order chi connectivity index (χ0) is 13.7. The molecule has 0 aromatic carbocycles. The number of hydrazine groups is 1. The second-order valence-electron chi connectivity index (χ2n) is 4.59. The van der Waals surface area contributed by atoms with Gasteiger partial charge in [-0.2, -0.15) is 0 Å². The lowest BCUT2D eigenvalue weighted by Gasteiger charge is -2.18. The van der Waals surface area contributed by atoms with Crippen molar-refractivity contribution in [3.8, 4) is 0 Å². The van der Waals surface area contributed by atoms with E-state index in [1.54, 1.807) is 0 Å². The van der Waals surface area contributed by atoms with Crippen molar-refractivity contribution in [2.45, 2.75) is 39.7 Å². The molecule has 1 aromatic rings. The lowest BCUT2D eigenvalue weighted by molar-refractivity contribution is 0.480. The summed E-state index contributed by atoms with van der Waals surface area (Å²) in [6.07, 6.45) is 1.95. The molecule has 0 radical (unpaired) electrons. The van der Waals surface area contributed by atoms with Crippen LogP contribution in [0.1, 0.15) is 33.6 Å². The predicted octanol–water partition coefficient (Wildman–Crippen LogP) is 2.88. The van der Waals surface area contributed by atoms with Gasteiger partial charge in [-0.15, -0.1) is 0 Å². The van der Waals surface area contributed by atoms with Crippen LogP contribution in [0.2, 0.25) is 0 Å². The van der Waals surface area contributed by atoms with Gasteiger partial charge in [0.15, 0.2) is 23.3 Å². The Kier molecular flexibility index (Phi) is 5.27. The quantitative estimate of drug-likeness (QED) is 0.542. The first-order valence-corrected chi connectivity index (χ1v) is 6.07. The third kappa shape index (κ3) is 3.80. The lowest BCUT2D eigenvalue weighted by atomic mass is 10.0. The highest BCUT2D eigenvalue weighted by molar-refractivity contribution is 5.47. The van der Waals surface area contributed by atoms with Crippen molar-refractivity contribution < 1.29 is 8.78 Å². The number of pyridine rings is 1. The highest BCUT2D eigenvalue weighted by atomic mass is 19.1. The Morgan fingerprint density at radius 3 is 2.44 bits per heavy atom. The largest absolute Gasteiger partial charge is 0.365 e. The van der Waals surface area contributed by atoms with Crippen LogP contribution in [0.5, 0.6) is 0 Å². The zero-order valence-electron chi connectivity index (χ0n) is 10.9. The van der Waals surface area contributed by atoms with E-state index in [1.807, 2.05) is 6.92 Å². The van der Waals surface area contributed by atoms with E-state index in [1.165, 1.54) is 0 Å². The zero-order valence-corrected chi connectivity index (χ0v) is 10.9. The van der Waals surface area contributed by atoms with Gasteiger partial charge >= 0.3 is 0 Å². The lowest BCUT2D eigenvalue weighted by Crippen LogP contribution is -2.21. The normalized spacial score (nSPS) is 14.1. The van der Waals surface area contributed by atoms with Crippen LogP contribution in [0.4, 0.5) is 20.4 Å². The van der Waals surface area contributed by atoms with Gasteiger partial charge in [0, 0.05) is 12.1 Å². The Labute approximate surface area is 106 Å². The molecule has 1 heterocycles. The van der Waals surface area contributed by atoms with E-state index in [4.69, 9.17) is 5.84 Å². The number of aromatic nitrogens is 1.